The second-order valence-electron chi connectivity index (χ2n) is 6.80. The molecule has 1 aliphatic rings. The van der Waals surface area contributed by atoms with Gasteiger partial charge in [-0.15, -0.1) is 0 Å². The average Bonchev–Trinajstić information content (AvgIpc) is 3.04. The number of sulfonamides is 1. The molecule has 1 N–H and O–H groups in total. The largest absolute Gasteiger partial charge is 0.349 e. The second kappa shape index (κ2) is 8.00. The predicted molar refractivity (Wildman–Crippen MR) is 102 cm³/mol. The Bertz CT molecular complexity index is 1000. The van der Waals surface area contributed by atoms with Crippen molar-refractivity contribution in [2.24, 2.45) is 0 Å². The first kappa shape index (κ1) is 20.5. The molecule has 2 aromatic rings. The number of benzene rings is 1. The molecule has 0 aliphatic carbocycles. The van der Waals surface area contributed by atoms with E-state index in [0.717, 1.165) is 17.2 Å². The summed E-state index contributed by atoms with van der Waals surface area (Å²) in [5.41, 5.74) is 2.01. The number of nitrogens with zero attached hydrogens (tertiary/aromatic N) is 3. The smallest absolute Gasteiger partial charge is 0.243 e. The van der Waals surface area contributed by atoms with Crippen molar-refractivity contribution < 1.29 is 17.6 Å². The number of aryl methyl sites for hydroxylation is 1. The highest BCUT2D eigenvalue weighted by atomic mass is 32.2. The van der Waals surface area contributed by atoms with Gasteiger partial charge in [-0.1, -0.05) is 6.92 Å². The minimum atomic E-state index is -3.73. The van der Waals surface area contributed by atoms with E-state index >= 15 is 0 Å². The van der Waals surface area contributed by atoms with Crippen molar-refractivity contribution >= 4 is 15.9 Å². The molecule has 0 atom stereocenters. The summed E-state index contributed by atoms with van der Waals surface area (Å²) >= 11 is 0. The number of hydrogen-bond acceptors (Lipinski definition) is 4. The van der Waals surface area contributed by atoms with E-state index in [9.17, 15) is 17.6 Å². The fourth-order valence-corrected chi connectivity index (χ4v) is 4.88. The van der Waals surface area contributed by atoms with Crippen LogP contribution in [0.5, 0.6) is 0 Å². The minimum absolute atomic E-state index is 0.0560. The average molecular weight is 408 g/mol. The van der Waals surface area contributed by atoms with Crippen LogP contribution >= 0.6 is 0 Å². The zero-order valence-corrected chi connectivity index (χ0v) is 17.1. The molecule has 9 heteroatoms. The summed E-state index contributed by atoms with van der Waals surface area (Å²) in [7, 11) is -3.73. The number of carbonyl (C=O) groups is 1. The normalized spacial score (nSPS) is 14.7. The van der Waals surface area contributed by atoms with E-state index in [-0.39, 0.29) is 17.3 Å². The van der Waals surface area contributed by atoms with Crippen LogP contribution in [-0.2, 0) is 40.9 Å². The number of halogens is 1. The first-order valence-corrected chi connectivity index (χ1v) is 10.8. The molecule has 0 radical (unpaired) electrons. The maximum atomic E-state index is 13.5. The van der Waals surface area contributed by atoms with Crippen molar-refractivity contribution in [3.63, 3.8) is 0 Å². The van der Waals surface area contributed by atoms with Crippen LogP contribution in [0.4, 0.5) is 4.39 Å². The first-order chi connectivity index (χ1) is 13.3. The monoisotopic (exact) mass is 408 g/mol. The van der Waals surface area contributed by atoms with Crippen molar-refractivity contribution in [3.05, 3.63) is 46.8 Å². The summed E-state index contributed by atoms with van der Waals surface area (Å²) in [6, 6.07) is 3.85. The molecule has 0 bridgehead atoms. The van der Waals surface area contributed by atoms with Crippen LogP contribution in [0.3, 0.4) is 0 Å². The van der Waals surface area contributed by atoms with Gasteiger partial charge in [0, 0.05) is 25.9 Å². The van der Waals surface area contributed by atoms with E-state index in [1.54, 1.807) is 13.8 Å². The standard InChI is InChI=1S/C19H25FN4O3S/c1-4-19(25)21-11-18-22-16-8-9-23(12-17(16)24(18)5-2)28(26,27)14-6-7-15(20)13(3)10-14/h6-7,10H,4-5,8-9,11-12H2,1-3H3,(H,21,25). The van der Waals surface area contributed by atoms with Crippen LogP contribution in [0.25, 0.3) is 0 Å². The lowest BCUT2D eigenvalue weighted by Crippen LogP contribution is -2.36. The highest BCUT2D eigenvalue weighted by molar-refractivity contribution is 7.89. The Balaban J connectivity index is 1.88. The Morgan fingerprint density at radius 3 is 2.71 bits per heavy atom. The Kier molecular flexibility index (Phi) is 5.85. The predicted octanol–water partition coefficient (Wildman–Crippen LogP) is 2.12. The Labute approximate surface area is 164 Å². The van der Waals surface area contributed by atoms with Gasteiger partial charge >= 0.3 is 0 Å². The van der Waals surface area contributed by atoms with Crippen molar-refractivity contribution in [2.45, 2.75) is 58.1 Å². The summed E-state index contributed by atoms with van der Waals surface area (Å²) in [5, 5.41) is 2.82. The third-order valence-corrected chi connectivity index (χ3v) is 6.85. The molecule has 1 aromatic heterocycles. The minimum Gasteiger partial charge on any atom is -0.349 e. The van der Waals surface area contributed by atoms with Gasteiger partial charge in [0.2, 0.25) is 15.9 Å². The van der Waals surface area contributed by atoms with Crippen molar-refractivity contribution in [2.75, 3.05) is 6.54 Å². The molecule has 0 spiro atoms. The highest BCUT2D eigenvalue weighted by Gasteiger charge is 2.32. The number of imidazole rings is 1. The van der Waals surface area contributed by atoms with Gasteiger partial charge in [-0.3, -0.25) is 4.79 Å². The number of carbonyl (C=O) groups excluding carboxylic acids is 1. The van der Waals surface area contributed by atoms with Crippen molar-refractivity contribution in [1.82, 2.24) is 19.2 Å². The molecular weight excluding hydrogens is 383 g/mol. The lowest BCUT2D eigenvalue weighted by Gasteiger charge is -2.27. The number of fused-ring (bicyclic) bond motifs is 1. The molecule has 152 valence electrons. The van der Waals surface area contributed by atoms with Crippen LogP contribution in [0.2, 0.25) is 0 Å². The fourth-order valence-electron chi connectivity index (χ4n) is 3.39. The summed E-state index contributed by atoms with van der Waals surface area (Å²) in [6.45, 7) is 6.76. The lowest BCUT2D eigenvalue weighted by molar-refractivity contribution is -0.120. The molecule has 1 amide bonds. The summed E-state index contributed by atoms with van der Waals surface area (Å²) in [4.78, 5) is 16.3. The van der Waals surface area contributed by atoms with Crippen LogP contribution < -0.4 is 5.32 Å². The number of rotatable bonds is 6. The van der Waals surface area contributed by atoms with Gasteiger partial charge in [-0.2, -0.15) is 4.31 Å². The maximum absolute atomic E-state index is 13.5. The lowest BCUT2D eigenvalue weighted by atomic mass is 10.2. The van der Waals surface area contributed by atoms with Gasteiger partial charge in [0.05, 0.1) is 29.4 Å². The van der Waals surface area contributed by atoms with E-state index in [1.165, 1.54) is 22.5 Å². The van der Waals surface area contributed by atoms with Gasteiger partial charge < -0.3 is 9.88 Å². The van der Waals surface area contributed by atoms with Crippen LogP contribution in [0, 0.1) is 12.7 Å². The Morgan fingerprint density at radius 2 is 2.07 bits per heavy atom. The number of amides is 1. The van der Waals surface area contributed by atoms with E-state index in [1.807, 2.05) is 11.5 Å². The van der Waals surface area contributed by atoms with Gasteiger partial charge in [0.1, 0.15) is 11.6 Å². The molecule has 0 saturated carbocycles. The van der Waals surface area contributed by atoms with E-state index in [2.05, 4.69) is 10.3 Å². The topological polar surface area (TPSA) is 84.3 Å². The Hall–Kier alpha value is -2.26. The summed E-state index contributed by atoms with van der Waals surface area (Å²) < 4.78 is 43.0. The molecule has 7 nitrogen and oxygen atoms in total. The van der Waals surface area contributed by atoms with Crippen LogP contribution in [0.1, 0.15) is 43.0 Å². The van der Waals surface area contributed by atoms with Gasteiger partial charge in [0.25, 0.3) is 0 Å². The first-order valence-electron chi connectivity index (χ1n) is 9.38. The van der Waals surface area contributed by atoms with Gasteiger partial charge in [-0.25, -0.2) is 17.8 Å². The molecule has 1 aromatic carbocycles. The Morgan fingerprint density at radius 1 is 1.32 bits per heavy atom. The fraction of sp³-hybridized carbons (Fsp3) is 0.474. The van der Waals surface area contributed by atoms with Crippen LogP contribution in [-0.4, -0.2) is 34.7 Å². The molecule has 28 heavy (non-hydrogen) atoms. The third kappa shape index (κ3) is 3.81. The molecular formula is C19H25FN4O3S. The second-order valence-corrected chi connectivity index (χ2v) is 8.73. The zero-order valence-electron chi connectivity index (χ0n) is 16.3. The van der Waals surface area contributed by atoms with Crippen molar-refractivity contribution in [3.8, 4) is 0 Å². The quantitative estimate of drug-likeness (QED) is 0.794. The van der Waals surface area contributed by atoms with Gasteiger partial charge in [-0.05, 0) is 37.6 Å². The molecule has 1 aliphatic heterocycles. The molecule has 0 saturated heterocycles. The van der Waals surface area contributed by atoms with E-state index < -0.39 is 15.8 Å². The van der Waals surface area contributed by atoms with Crippen molar-refractivity contribution in [1.29, 1.82) is 0 Å². The van der Waals surface area contributed by atoms with Gasteiger partial charge in [0.15, 0.2) is 0 Å². The number of hydrogen-bond donors (Lipinski definition) is 1. The summed E-state index contributed by atoms with van der Waals surface area (Å²) in [5.74, 6) is 0.244. The zero-order chi connectivity index (χ0) is 20.5. The molecule has 3 rings (SSSR count). The molecule has 0 fully saturated rings. The van der Waals surface area contributed by atoms with E-state index in [0.29, 0.717) is 38.0 Å². The highest BCUT2D eigenvalue weighted by Crippen LogP contribution is 2.26. The SMILES string of the molecule is CCC(=O)NCc1nc2c(n1CC)CN(S(=O)(=O)c1ccc(F)c(C)c1)CC2. The maximum Gasteiger partial charge on any atom is 0.243 e. The summed E-state index contributed by atoms with van der Waals surface area (Å²) in [6.07, 6.45) is 0.895. The van der Waals surface area contributed by atoms with E-state index in [4.69, 9.17) is 0 Å². The molecule has 2 heterocycles. The number of aromatic nitrogens is 2. The van der Waals surface area contributed by atoms with Crippen LogP contribution in [0.15, 0.2) is 23.1 Å². The third-order valence-electron chi connectivity index (χ3n) is 5.01. The molecule has 0 unspecified atom stereocenters. The number of nitrogens with one attached hydrogen (secondary N) is 1.